The standard InChI is InChI=1S/C26H24O14/c1-10(27)36-17-9-35-26(25(38-12(3)29)23(17)37-11(2)28)39-14-6-4-13(5-7-14)22-21(34)20(33)18-15(30)8-16(31)19(32)24(18)40-22/h4-8,17,23,25-26,30-32,34H,9H2,1-3H3/t17-,23+,25-,26+/m1/s1. The van der Waals surface area contributed by atoms with Crippen molar-refractivity contribution < 1.29 is 62.9 Å². The van der Waals surface area contributed by atoms with Crippen LogP contribution < -0.4 is 10.2 Å². The molecule has 4 rings (SSSR count). The highest BCUT2D eigenvalue weighted by molar-refractivity contribution is 5.92. The summed E-state index contributed by atoms with van der Waals surface area (Å²) < 4.78 is 32.6. The van der Waals surface area contributed by atoms with Crippen molar-refractivity contribution in [1.29, 1.82) is 0 Å². The molecule has 1 aliphatic rings. The fourth-order valence-corrected chi connectivity index (χ4v) is 4.14. The summed E-state index contributed by atoms with van der Waals surface area (Å²) in [6.45, 7) is 3.14. The van der Waals surface area contributed by atoms with Crippen LogP contribution in [0.25, 0.3) is 22.3 Å². The van der Waals surface area contributed by atoms with E-state index in [2.05, 4.69) is 0 Å². The van der Waals surface area contributed by atoms with Crippen LogP contribution in [0.3, 0.4) is 0 Å². The number of fused-ring (bicyclic) bond motifs is 1. The fourth-order valence-electron chi connectivity index (χ4n) is 4.14. The molecule has 0 bridgehead atoms. The number of carbonyl (C=O) groups is 3. The van der Waals surface area contributed by atoms with Gasteiger partial charge >= 0.3 is 17.9 Å². The normalized spacial score (nSPS) is 20.5. The molecule has 0 saturated carbocycles. The van der Waals surface area contributed by atoms with E-state index in [9.17, 15) is 39.6 Å². The van der Waals surface area contributed by atoms with Gasteiger partial charge in [0.2, 0.25) is 29.3 Å². The Hall–Kier alpha value is -4.98. The van der Waals surface area contributed by atoms with Crippen molar-refractivity contribution >= 4 is 28.9 Å². The molecule has 0 radical (unpaired) electrons. The van der Waals surface area contributed by atoms with Gasteiger partial charge in [-0.2, -0.15) is 0 Å². The number of rotatable bonds is 6. The van der Waals surface area contributed by atoms with Crippen molar-refractivity contribution in [3.8, 4) is 40.1 Å². The molecule has 14 heteroatoms. The minimum absolute atomic E-state index is 0.138. The number of benzene rings is 2. The summed E-state index contributed by atoms with van der Waals surface area (Å²) in [6, 6.07) is 6.23. The summed E-state index contributed by atoms with van der Waals surface area (Å²) in [5, 5.41) is 39.8. The van der Waals surface area contributed by atoms with Crippen molar-refractivity contribution in [1.82, 2.24) is 0 Å². The van der Waals surface area contributed by atoms with Gasteiger partial charge in [0.1, 0.15) is 16.9 Å². The average molecular weight is 560 g/mol. The van der Waals surface area contributed by atoms with Gasteiger partial charge in [0, 0.05) is 32.4 Å². The van der Waals surface area contributed by atoms with E-state index in [4.69, 9.17) is 28.1 Å². The number of carbonyl (C=O) groups excluding carboxylic acids is 3. The van der Waals surface area contributed by atoms with Crippen LogP contribution in [-0.4, -0.2) is 69.5 Å². The second-order valence-electron chi connectivity index (χ2n) is 8.72. The first kappa shape index (κ1) is 28.0. The Morgan fingerprint density at radius 1 is 0.825 bits per heavy atom. The van der Waals surface area contributed by atoms with Crippen molar-refractivity contribution in [2.75, 3.05) is 6.61 Å². The lowest BCUT2D eigenvalue weighted by Crippen LogP contribution is -2.59. The SMILES string of the molecule is CC(=O)O[C@@H]1[C@@H](OC(C)=O)[C@H](Oc2ccc(-c3oc4c(O)c(O)cc(O)c4c(=O)c3O)cc2)OC[C@H]1OC(C)=O. The number of hydrogen-bond donors (Lipinski definition) is 4. The predicted octanol–water partition coefficient (Wildman–Crippen LogP) is 1.81. The van der Waals surface area contributed by atoms with Gasteiger partial charge in [0.25, 0.3) is 0 Å². The van der Waals surface area contributed by atoms with E-state index >= 15 is 0 Å². The lowest BCUT2D eigenvalue weighted by molar-refractivity contribution is -0.259. The Morgan fingerprint density at radius 2 is 1.43 bits per heavy atom. The molecule has 4 atom stereocenters. The molecule has 14 nitrogen and oxygen atoms in total. The molecule has 0 spiro atoms. The summed E-state index contributed by atoms with van der Waals surface area (Å²) >= 11 is 0. The summed E-state index contributed by atoms with van der Waals surface area (Å²) in [5.41, 5.74) is -1.46. The van der Waals surface area contributed by atoms with Crippen LogP contribution in [-0.2, 0) is 33.3 Å². The second kappa shape index (κ2) is 11.0. The van der Waals surface area contributed by atoms with Gasteiger partial charge in [-0.3, -0.25) is 19.2 Å². The van der Waals surface area contributed by atoms with Crippen LogP contribution in [0.2, 0.25) is 0 Å². The number of ether oxygens (including phenoxy) is 5. The molecule has 40 heavy (non-hydrogen) atoms. The number of phenols is 3. The van der Waals surface area contributed by atoms with E-state index < -0.39 is 81.9 Å². The summed E-state index contributed by atoms with van der Waals surface area (Å²) in [5.74, 6) is -5.53. The van der Waals surface area contributed by atoms with Gasteiger partial charge in [-0.25, -0.2) is 0 Å². The molecule has 0 unspecified atom stereocenters. The molecule has 1 aliphatic heterocycles. The smallest absolute Gasteiger partial charge is 0.303 e. The molecule has 0 amide bonds. The van der Waals surface area contributed by atoms with E-state index in [0.29, 0.717) is 0 Å². The monoisotopic (exact) mass is 560 g/mol. The van der Waals surface area contributed by atoms with Gasteiger partial charge in [-0.05, 0) is 24.3 Å². The van der Waals surface area contributed by atoms with Gasteiger partial charge in [-0.1, -0.05) is 0 Å². The summed E-state index contributed by atoms with van der Waals surface area (Å²) in [6.07, 6.45) is -4.96. The van der Waals surface area contributed by atoms with Crippen molar-refractivity contribution in [3.63, 3.8) is 0 Å². The Morgan fingerprint density at radius 3 is 2.02 bits per heavy atom. The first-order valence-electron chi connectivity index (χ1n) is 11.7. The van der Waals surface area contributed by atoms with Gasteiger partial charge in [0.15, 0.2) is 29.3 Å². The molecule has 1 saturated heterocycles. The van der Waals surface area contributed by atoms with E-state index in [1.807, 2.05) is 0 Å². The molecular weight excluding hydrogens is 536 g/mol. The Balaban J connectivity index is 1.64. The lowest BCUT2D eigenvalue weighted by atomic mass is 10.0. The maximum Gasteiger partial charge on any atom is 0.303 e. The van der Waals surface area contributed by atoms with Crippen LogP contribution in [0, 0.1) is 0 Å². The molecule has 0 aliphatic carbocycles. The highest BCUT2D eigenvalue weighted by Gasteiger charge is 2.48. The lowest BCUT2D eigenvalue weighted by Gasteiger charge is -2.40. The second-order valence-corrected chi connectivity index (χ2v) is 8.72. The van der Waals surface area contributed by atoms with Crippen LogP contribution in [0.15, 0.2) is 39.5 Å². The quantitative estimate of drug-likeness (QED) is 0.147. The van der Waals surface area contributed by atoms with E-state index in [1.54, 1.807) is 0 Å². The topological polar surface area (TPSA) is 208 Å². The van der Waals surface area contributed by atoms with E-state index in [0.717, 1.165) is 26.8 Å². The predicted molar refractivity (Wildman–Crippen MR) is 132 cm³/mol. The third kappa shape index (κ3) is 5.56. The van der Waals surface area contributed by atoms with Gasteiger partial charge in [-0.15, -0.1) is 0 Å². The third-order valence-electron chi connectivity index (χ3n) is 5.75. The zero-order valence-electron chi connectivity index (χ0n) is 21.3. The highest BCUT2D eigenvalue weighted by Crippen LogP contribution is 2.42. The highest BCUT2D eigenvalue weighted by atomic mass is 16.7. The Bertz CT molecular complexity index is 1520. The van der Waals surface area contributed by atoms with E-state index in [1.165, 1.54) is 24.3 Å². The Labute approximate surface area is 224 Å². The fraction of sp³-hybridized carbons (Fsp3) is 0.308. The first-order chi connectivity index (χ1) is 18.9. The van der Waals surface area contributed by atoms with E-state index in [-0.39, 0.29) is 23.7 Å². The number of esters is 3. The van der Waals surface area contributed by atoms with Crippen LogP contribution in [0.1, 0.15) is 20.8 Å². The van der Waals surface area contributed by atoms with Crippen molar-refractivity contribution in [2.45, 2.75) is 45.4 Å². The average Bonchev–Trinajstić information content (AvgIpc) is 2.87. The van der Waals surface area contributed by atoms with Crippen LogP contribution in [0.4, 0.5) is 0 Å². The number of hydrogen-bond acceptors (Lipinski definition) is 14. The number of phenolic OH excluding ortho intramolecular Hbond substituents is 3. The number of aromatic hydroxyl groups is 4. The summed E-state index contributed by atoms with van der Waals surface area (Å²) in [4.78, 5) is 47.7. The third-order valence-corrected chi connectivity index (χ3v) is 5.75. The first-order valence-corrected chi connectivity index (χ1v) is 11.7. The molecule has 3 aromatic rings. The maximum absolute atomic E-state index is 12.6. The van der Waals surface area contributed by atoms with Crippen molar-refractivity contribution in [2.24, 2.45) is 0 Å². The molecule has 4 N–H and O–H groups in total. The van der Waals surface area contributed by atoms with Gasteiger partial charge in [0.05, 0.1) is 6.61 Å². The molecule has 1 fully saturated rings. The minimum Gasteiger partial charge on any atom is -0.507 e. The minimum atomic E-state index is -1.33. The van der Waals surface area contributed by atoms with Gasteiger partial charge < -0.3 is 48.5 Å². The van der Waals surface area contributed by atoms with Crippen molar-refractivity contribution in [3.05, 3.63) is 40.6 Å². The van der Waals surface area contributed by atoms with Crippen LogP contribution in [0.5, 0.6) is 28.7 Å². The maximum atomic E-state index is 12.6. The summed E-state index contributed by atoms with van der Waals surface area (Å²) in [7, 11) is 0. The van der Waals surface area contributed by atoms with Crippen LogP contribution >= 0.6 is 0 Å². The molecule has 212 valence electrons. The molecular formula is C26H24O14. The Kier molecular flexibility index (Phi) is 7.72. The molecule has 2 heterocycles. The zero-order valence-corrected chi connectivity index (χ0v) is 21.3. The zero-order chi connectivity index (χ0) is 29.3. The molecule has 1 aromatic heterocycles. The largest absolute Gasteiger partial charge is 0.507 e. The molecule has 2 aromatic carbocycles.